The van der Waals surface area contributed by atoms with Gasteiger partial charge in [0.1, 0.15) is 0 Å². The maximum Gasteiger partial charge on any atom is 0.337 e. The van der Waals surface area contributed by atoms with E-state index in [0.717, 1.165) is 3.79 Å². The number of carbonyl (C=O) groups is 2. The first-order chi connectivity index (χ1) is 8.99. The van der Waals surface area contributed by atoms with Crippen molar-refractivity contribution in [1.82, 2.24) is 0 Å². The lowest BCUT2D eigenvalue weighted by atomic mass is 10.1. The van der Waals surface area contributed by atoms with Crippen molar-refractivity contribution in [3.8, 4) is 0 Å². The van der Waals surface area contributed by atoms with Crippen molar-refractivity contribution in [2.75, 3.05) is 5.32 Å². The van der Waals surface area contributed by atoms with Crippen LogP contribution in [0.25, 0.3) is 0 Å². The molecule has 1 aromatic carbocycles. The van der Waals surface area contributed by atoms with Gasteiger partial charge in [-0.15, -0.1) is 11.3 Å². The van der Waals surface area contributed by atoms with Crippen molar-refractivity contribution in [1.29, 1.82) is 0 Å². The lowest BCUT2D eigenvalue weighted by molar-refractivity contribution is 0.0698. The molecular formula is C13H10BrNO3S. The molecule has 1 aromatic heterocycles. The zero-order valence-electron chi connectivity index (χ0n) is 9.94. The summed E-state index contributed by atoms with van der Waals surface area (Å²) in [4.78, 5) is 23.2. The summed E-state index contributed by atoms with van der Waals surface area (Å²) in [5, 5.41) is 13.5. The molecular weight excluding hydrogens is 330 g/mol. The van der Waals surface area contributed by atoms with Crippen LogP contribution in [0.1, 0.15) is 26.3 Å². The highest BCUT2D eigenvalue weighted by molar-refractivity contribution is 9.11. The highest BCUT2D eigenvalue weighted by Crippen LogP contribution is 2.24. The Morgan fingerprint density at radius 3 is 2.68 bits per heavy atom. The lowest BCUT2D eigenvalue weighted by Crippen LogP contribution is -2.15. The third-order valence-corrected chi connectivity index (χ3v) is 4.08. The molecule has 2 N–H and O–H groups in total. The summed E-state index contributed by atoms with van der Waals surface area (Å²) in [5.74, 6) is -1.38. The number of thiophene rings is 1. The summed E-state index contributed by atoms with van der Waals surface area (Å²) >= 11 is 4.68. The van der Waals surface area contributed by atoms with E-state index >= 15 is 0 Å². The first-order valence-electron chi connectivity index (χ1n) is 5.37. The molecule has 0 spiro atoms. The first-order valence-corrected chi connectivity index (χ1v) is 7.04. The summed E-state index contributed by atoms with van der Waals surface area (Å²) in [7, 11) is 0. The second kappa shape index (κ2) is 5.54. The highest BCUT2D eigenvalue weighted by atomic mass is 79.9. The molecule has 0 saturated heterocycles. The van der Waals surface area contributed by atoms with Gasteiger partial charge >= 0.3 is 5.97 Å². The molecule has 0 aliphatic rings. The van der Waals surface area contributed by atoms with Crippen LogP contribution in [-0.2, 0) is 0 Å². The largest absolute Gasteiger partial charge is 0.478 e. The van der Waals surface area contributed by atoms with Gasteiger partial charge in [-0.25, -0.2) is 4.79 Å². The van der Waals surface area contributed by atoms with E-state index in [2.05, 4.69) is 21.2 Å². The summed E-state index contributed by atoms with van der Waals surface area (Å²) in [6.45, 7) is 1.76. The molecule has 1 amide bonds. The summed E-state index contributed by atoms with van der Waals surface area (Å²) in [6, 6.07) is 6.56. The molecule has 2 aromatic rings. The van der Waals surface area contributed by atoms with E-state index in [1.54, 1.807) is 30.5 Å². The van der Waals surface area contributed by atoms with Crippen LogP contribution in [0.2, 0.25) is 0 Å². The van der Waals surface area contributed by atoms with Gasteiger partial charge in [-0.3, -0.25) is 4.79 Å². The number of amides is 1. The first kappa shape index (κ1) is 13.8. The Kier molecular flexibility index (Phi) is 4.01. The molecule has 0 radical (unpaired) electrons. The minimum absolute atomic E-state index is 0.0858. The normalized spacial score (nSPS) is 10.2. The van der Waals surface area contributed by atoms with E-state index in [-0.39, 0.29) is 11.5 Å². The topological polar surface area (TPSA) is 66.4 Å². The van der Waals surface area contributed by atoms with Crippen LogP contribution < -0.4 is 5.32 Å². The fraction of sp³-hybridized carbons (Fsp3) is 0.0769. The number of carboxylic acid groups (broad SMARTS) is 1. The summed E-state index contributed by atoms with van der Waals surface area (Å²) < 4.78 is 0.848. The van der Waals surface area contributed by atoms with Crippen LogP contribution in [0.4, 0.5) is 5.69 Å². The summed E-state index contributed by atoms with van der Waals surface area (Å²) in [5.41, 5.74) is 1.63. The number of para-hydroxylation sites is 1. The van der Waals surface area contributed by atoms with Gasteiger partial charge in [0, 0.05) is 5.38 Å². The third kappa shape index (κ3) is 3.02. The van der Waals surface area contributed by atoms with Gasteiger partial charge in [0.2, 0.25) is 0 Å². The third-order valence-electron chi connectivity index (χ3n) is 2.57. The molecule has 19 heavy (non-hydrogen) atoms. The highest BCUT2D eigenvalue weighted by Gasteiger charge is 2.16. The Bertz CT molecular complexity index is 651. The Morgan fingerprint density at radius 2 is 2.11 bits per heavy atom. The number of benzene rings is 1. The number of carbonyl (C=O) groups excluding carboxylic acids is 1. The molecule has 6 heteroatoms. The zero-order valence-corrected chi connectivity index (χ0v) is 12.3. The standard InChI is InChI=1S/C13H10BrNO3S/c1-7-3-2-4-9(13(17)18)11(7)15-12(16)8-5-10(14)19-6-8/h2-6H,1H3,(H,15,16)(H,17,18). The van der Waals surface area contributed by atoms with Crippen LogP contribution in [0, 0.1) is 6.92 Å². The number of rotatable bonds is 3. The predicted octanol–water partition coefficient (Wildman–Crippen LogP) is 3.77. The molecule has 0 fully saturated rings. The van der Waals surface area contributed by atoms with Gasteiger partial charge in [0.25, 0.3) is 5.91 Å². The number of halogens is 1. The van der Waals surface area contributed by atoms with Crippen molar-refractivity contribution in [3.05, 3.63) is 50.1 Å². The van der Waals surface area contributed by atoms with E-state index in [9.17, 15) is 9.59 Å². The fourth-order valence-electron chi connectivity index (χ4n) is 1.63. The fourth-order valence-corrected chi connectivity index (χ4v) is 2.76. The van der Waals surface area contributed by atoms with E-state index in [0.29, 0.717) is 16.8 Å². The molecule has 2 rings (SSSR count). The zero-order chi connectivity index (χ0) is 14.0. The summed E-state index contributed by atoms with van der Waals surface area (Å²) in [6.07, 6.45) is 0. The van der Waals surface area contributed by atoms with E-state index in [1.807, 2.05) is 0 Å². The lowest BCUT2D eigenvalue weighted by Gasteiger charge is -2.10. The number of nitrogens with one attached hydrogen (secondary N) is 1. The Balaban J connectivity index is 2.33. The Labute approximate surface area is 122 Å². The van der Waals surface area contributed by atoms with Gasteiger partial charge in [-0.2, -0.15) is 0 Å². The van der Waals surface area contributed by atoms with Crippen molar-refractivity contribution >= 4 is 44.8 Å². The quantitative estimate of drug-likeness (QED) is 0.894. The van der Waals surface area contributed by atoms with Crippen molar-refractivity contribution in [2.45, 2.75) is 6.92 Å². The molecule has 1 heterocycles. The molecule has 0 bridgehead atoms. The van der Waals surface area contributed by atoms with Crippen LogP contribution in [0.3, 0.4) is 0 Å². The van der Waals surface area contributed by atoms with Gasteiger partial charge in [0.05, 0.1) is 20.6 Å². The van der Waals surface area contributed by atoms with Gasteiger partial charge < -0.3 is 10.4 Å². The van der Waals surface area contributed by atoms with Gasteiger partial charge in [-0.1, -0.05) is 12.1 Å². The number of anilines is 1. The molecule has 0 unspecified atom stereocenters. The molecule has 0 saturated carbocycles. The number of aryl methyl sites for hydroxylation is 1. The Morgan fingerprint density at radius 1 is 1.37 bits per heavy atom. The molecule has 98 valence electrons. The number of hydrogen-bond donors (Lipinski definition) is 2. The van der Waals surface area contributed by atoms with Crippen LogP contribution in [-0.4, -0.2) is 17.0 Å². The van der Waals surface area contributed by atoms with Crippen LogP contribution >= 0.6 is 27.3 Å². The maximum absolute atomic E-state index is 12.0. The monoisotopic (exact) mass is 339 g/mol. The van der Waals surface area contributed by atoms with Crippen molar-refractivity contribution in [3.63, 3.8) is 0 Å². The number of aromatic carboxylic acids is 1. The number of hydrogen-bond acceptors (Lipinski definition) is 3. The van der Waals surface area contributed by atoms with E-state index in [4.69, 9.17) is 5.11 Å². The van der Waals surface area contributed by atoms with Crippen molar-refractivity contribution < 1.29 is 14.7 Å². The SMILES string of the molecule is Cc1cccc(C(=O)O)c1NC(=O)c1csc(Br)c1. The maximum atomic E-state index is 12.0. The van der Waals surface area contributed by atoms with E-state index in [1.165, 1.54) is 17.4 Å². The van der Waals surface area contributed by atoms with Crippen LogP contribution in [0.15, 0.2) is 33.4 Å². The predicted molar refractivity (Wildman–Crippen MR) is 78.1 cm³/mol. The molecule has 4 nitrogen and oxygen atoms in total. The minimum atomic E-state index is -1.06. The minimum Gasteiger partial charge on any atom is -0.478 e. The van der Waals surface area contributed by atoms with Gasteiger partial charge in [0.15, 0.2) is 0 Å². The van der Waals surface area contributed by atoms with Gasteiger partial charge in [-0.05, 0) is 40.5 Å². The average molecular weight is 340 g/mol. The molecule has 0 atom stereocenters. The second-order valence-corrected chi connectivity index (χ2v) is 6.19. The smallest absolute Gasteiger partial charge is 0.337 e. The number of carboxylic acids is 1. The second-order valence-electron chi connectivity index (χ2n) is 3.90. The van der Waals surface area contributed by atoms with Crippen molar-refractivity contribution in [2.24, 2.45) is 0 Å². The Hall–Kier alpha value is -1.66. The molecule has 0 aliphatic carbocycles. The van der Waals surface area contributed by atoms with Crippen LogP contribution in [0.5, 0.6) is 0 Å². The van der Waals surface area contributed by atoms with E-state index < -0.39 is 5.97 Å². The average Bonchev–Trinajstić information content (AvgIpc) is 2.78. The molecule has 0 aliphatic heterocycles.